The highest BCUT2D eigenvalue weighted by atomic mass is 16.6. The number of carboxylic acids is 2. The molecule has 1 rings (SSSR count). The third-order valence-electron chi connectivity index (χ3n) is 2.08. The minimum Gasteiger partial charge on any atom is -0.481 e. The highest BCUT2D eigenvalue weighted by molar-refractivity contribution is 5.83. The lowest BCUT2D eigenvalue weighted by Gasteiger charge is -2.12. The highest BCUT2D eigenvalue weighted by Crippen LogP contribution is 2.22. The molecule has 0 aromatic carbocycles. The summed E-state index contributed by atoms with van der Waals surface area (Å²) in [6.45, 7) is 0. The van der Waals surface area contributed by atoms with Crippen molar-refractivity contribution in [3.8, 4) is 0 Å². The second-order valence-corrected chi connectivity index (χ2v) is 3.42. The Morgan fingerprint density at radius 2 is 2.22 bits per heavy atom. The second-order valence-electron chi connectivity index (χ2n) is 3.42. The van der Waals surface area contributed by atoms with Crippen LogP contribution in [0.5, 0.6) is 0 Å². The van der Waals surface area contributed by atoms with Crippen LogP contribution in [0.4, 0.5) is 11.6 Å². The van der Waals surface area contributed by atoms with Gasteiger partial charge in [0, 0.05) is 7.05 Å². The van der Waals surface area contributed by atoms with Crippen molar-refractivity contribution in [2.75, 3.05) is 5.32 Å². The summed E-state index contributed by atoms with van der Waals surface area (Å²) in [5.41, 5.74) is 0. The van der Waals surface area contributed by atoms with Crippen LogP contribution in [0, 0.1) is 10.1 Å². The Kier molecular flexibility index (Phi) is 3.82. The maximum atomic E-state index is 10.8. The van der Waals surface area contributed by atoms with E-state index >= 15 is 0 Å². The minimum atomic E-state index is -1.48. The molecule has 0 aliphatic rings. The number of nitrogens with one attached hydrogen (secondary N) is 1. The maximum absolute atomic E-state index is 10.8. The quantitative estimate of drug-likeness (QED) is 0.464. The van der Waals surface area contributed by atoms with Gasteiger partial charge in [0.05, 0.1) is 6.42 Å². The number of nitrogens with zero attached hydrogens (tertiary/aromatic N) is 3. The first-order valence-corrected chi connectivity index (χ1v) is 4.69. The predicted octanol–water partition coefficient (Wildman–Crippen LogP) is -0.332. The first-order chi connectivity index (χ1) is 8.32. The van der Waals surface area contributed by atoms with Crippen LogP contribution >= 0.6 is 0 Å². The molecular formula is C8H10N4O6. The van der Waals surface area contributed by atoms with Crippen LogP contribution in [0.15, 0.2) is 6.33 Å². The maximum Gasteiger partial charge on any atom is 0.406 e. The van der Waals surface area contributed by atoms with Gasteiger partial charge >= 0.3 is 17.8 Å². The number of aromatic nitrogens is 2. The number of rotatable bonds is 6. The average Bonchev–Trinajstić information content (AvgIpc) is 2.58. The van der Waals surface area contributed by atoms with Gasteiger partial charge in [0.2, 0.25) is 12.1 Å². The summed E-state index contributed by atoms with van der Waals surface area (Å²) in [6, 6.07) is -1.48. The number of aliphatic carboxylic acids is 2. The van der Waals surface area contributed by atoms with Crippen LogP contribution in [0.1, 0.15) is 6.42 Å². The molecule has 0 aliphatic heterocycles. The molecule has 1 aromatic heterocycles. The zero-order chi connectivity index (χ0) is 13.9. The van der Waals surface area contributed by atoms with E-state index in [9.17, 15) is 19.7 Å². The van der Waals surface area contributed by atoms with E-state index in [1.54, 1.807) is 0 Å². The lowest BCUT2D eigenvalue weighted by atomic mass is 10.2. The molecule has 98 valence electrons. The lowest BCUT2D eigenvalue weighted by Crippen LogP contribution is -2.32. The van der Waals surface area contributed by atoms with Crippen LogP contribution in [-0.4, -0.2) is 42.7 Å². The standard InChI is InChI=1S/C8H10N4O6/c1-11-3-9-6(12(17)18)7(11)10-4(8(15)16)2-5(13)14/h3-4,10H,2H2,1H3,(H,13,14)(H,15,16). The van der Waals surface area contributed by atoms with Crippen molar-refractivity contribution in [2.24, 2.45) is 7.05 Å². The molecule has 0 saturated heterocycles. The van der Waals surface area contributed by atoms with Gasteiger partial charge in [-0.3, -0.25) is 9.36 Å². The van der Waals surface area contributed by atoms with Gasteiger partial charge in [-0.05, 0) is 9.91 Å². The van der Waals surface area contributed by atoms with Gasteiger partial charge in [0.25, 0.3) is 0 Å². The normalized spacial score (nSPS) is 11.8. The van der Waals surface area contributed by atoms with Gasteiger partial charge in [-0.15, -0.1) is 0 Å². The van der Waals surface area contributed by atoms with E-state index in [2.05, 4.69) is 10.3 Å². The predicted molar refractivity (Wildman–Crippen MR) is 57.2 cm³/mol. The largest absolute Gasteiger partial charge is 0.481 e. The van der Waals surface area contributed by atoms with Crippen molar-refractivity contribution < 1.29 is 24.7 Å². The number of carboxylic acid groups (broad SMARTS) is 2. The molecule has 1 heterocycles. The number of hydrogen-bond acceptors (Lipinski definition) is 6. The molecule has 0 radical (unpaired) electrons. The second kappa shape index (κ2) is 5.12. The van der Waals surface area contributed by atoms with E-state index in [4.69, 9.17) is 10.2 Å². The van der Waals surface area contributed by atoms with Crippen LogP contribution < -0.4 is 5.32 Å². The van der Waals surface area contributed by atoms with E-state index in [0.717, 1.165) is 6.33 Å². The molecule has 1 atom stereocenters. The third kappa shape index (κ3) is 2.93. The number of nitro groups is 1. The molecule has 18 heavy (non-hydrogen) atoms. The summed E-state index contributed by atoms with van der Waals surface area (Å²) in [6.07, 6.45) is 0.414. The van der Waals surface area contributed by atoms with Gasteiger partial charge < -0.3 is 25.6 Å². The van der Waals surface area contributed by atoms with Crippen LogP contribution in [0.25, 0.3) is 0 Å². The fourth-order valence-corrected chi connectivity index (χ4v) is 1.26. The van der Waals surface area contributed by atoms with Crippen molar-refractivity contribution in [3.63, 3.8) is 0 Å². The summed E-state index contributed by atoms with van der Waals surface area (Å²) >= 11 is 0. The summed E-state index contributed by atoms with van der Waals surface area (Å²) in [5.74, 6) is -3.48. The van der Waals surface area contributed by atoms with Gasteiger partial charge in [-0.25, -0.2) is 4.79 Å². The SMILES string of the molecule is Cn1cnc([N+](=O)[O-])c1NC(CC(=O)O)C(=O)O. The molecule has 1 unspecified atom stereocenters. The Morgan fingerprint density at radius 1 is 1.61 bits per heavy atom. The third-order valence-corrected chi connectivity index (χ3v) is 2.08. The zero-order valence-corrected chi connectivity index (χ0v) is 9.23. The molecule has 3 N–H and O–H groups in total. The number of carbonyl (C=O) groups is 2. The average molecular weight is 258 g/mol. The first-order valence-electron chi connectivity index (χ1n) is 4.69. The Labute approximate surface area is 100 Å². The molecule has 1 aromatic rings. The Morgan fingerprint density at radius 3 is 2.67 bits per heavy atom. The summed E-state index contributed by atoms with van der Waals surface area (Å²) < 4.78 is 1.20. The summed E-state index contributed by atoms with van der Waals surface area (Å²) in [4.78, 5) is 34.6. The molecule has 0 spiro atoms. The molecule has 10 nitrogen and oxygen atoms in total. The van der Waals surface area contributed by atoms with E-state index in [1.807, 2.05) is 0 Å². The topological polar surface area (TPSA) is 148 Å². The van der Waals surface area contributed by atoms with Crippen LogP contribution in [-0.2, 0) is 16.6 Å². The molecular weight excluding hydrogens is 248 g/mol. The fraction of sp³-hybridized carbons (Fsp3) is 0.375. The van der Waals surface area contributed by atoms with E-state index in [-0.39, 0.29) is 5.82 Å². The Hall–Kier alpha value is -2.65. The number of aryl methyl sites for hydroxylation is 1. The highest BCUT2D eigenvalue weighted by Gasteiger charge is 2.27. The van der Waals surface area contributed by atoms with Crippen LogP contribution in [0.2, 0.25) is 0 Å². The van der Waals surface area contributed by atoms with E-state index < -0.39 is 35.1 Å². The van der Waals surface area contributed by atoms with Crippen LogP contribution in [0.3, 0.4) is 0 Å². The number of hydrogen-bond donors (Lipinski definition) is 3. The monoisotopic (exact) mass is 258 g/mol. The number of imidazole rings is 1. The van der Waals surface area contributed by atoms with Gasteiger partial charge in [-0.1, -0.05) is 0 Å². The molecule has 0 fully saturated rings. The summed E-state index contributed by atoms with van der Waals surface area (Å²) in [5, 5.41) is 30.3. The van der Waals surface area contributed by atoms with Gasteiger partial charge in [0.15, 0.2) is 0 Å². The minimum absolute atomic E-state index is 0.159. The molecule has 0 saturated carbocycles. The lowest BCUT2D eigenvalue weighted by molar-refractivity contribution is -0.388. The Bertz CT molecular complexity index is 496. The smallest absolute Gasteiger partial charge is 0.406 e. The first kappa shape index (κ1) is 13.4. The molecule has 0 aliphatic carbocycles. The molecule has 0 amide bonds. The molecule has 10 heteroatoms. The van der Waals surface area contributed by atoms with Crippen molar-refractivity contribution >= 4 is 23.6 Å². The summed E-state index contributed by atoms with van der Waals surface area (Å²) in [7, 11) is 1.42. The van der Waals surface area contributed by atoms with Gasteiger partial charge in [-0.2, -0.15) is 0 Å². The van der Waals surface area contributed by atoms with E-state index in [1.165, 1.54) is 11.6 Å². The number of anilines is 1. The zero-order valence-electron chi connectivity index (χ0n) is 9.23. The Balaban J connectivity index is 3.00. The molecule has 0 bridgehead atoms. The van der Waals surface area contributed by atoms with Crippen molar-refractivity contribution in [3.05, 3.63) is 16.4 Å². The van der Waals surface area contributed by atoms with Crippen molar-refractivity contribution in [1.29, 1.82) is 0 Å². The fourth-order valence-electron chi connectivity index (χ4n) is 1.26. The van der Waals surface area contributed by atoms with E-state index in [0.29, 0.717) is 0 Å². The van der Waals surface area contributed by atoms with Crippen molar-refractivity contribution in [2.45, 2.75) is 12.5 Å². The van der Waals surface area contributed by atoms with Crippen molar-refractivity contribution in [1.82, 2.24) is 9.55 Å². The van der Waals surface area contributed by atoms with Gasteiger partial charge in [0.1, 0.15) is 6.04 Å².